The molecule has 0 saturated heterocycles. The predicted molar refractivity (Wildman–Crippen MR) is 86.4 cm³/mol. The Morgan fingerprint density at radius 1 is 1.38 bits per heavy atom. The summed E-state index contributed by atoms with van der Waals surface area (Å²) in [6.45, 7) is 2.17. The highest BCUT2D eigenvalue weighted by Crippen LogP contribution is 2.50. The van der Waals surface area contributed by atoms with Crippen LogP contribution < -0.4 is 16.8 Å². The molecular formula is C16H22ClN3O. The molecule has 4 nitrogen and oxygen atoms in total. The molecule has 1 aromatic carbocycles. The minimum Gasteiger partial charge on any atom is -0.399 e. The molecule has 1 aromatic rings. The Morgan fingerprint density at radius 3 is 2.71 bits per heavy atom. The Bertz CT molecular complexity index is 575. The predicted octanol–water partition coefficient (Wildman–Crippen LogP) is 3.26. The normalized spacial score (nSPS) is 28.6. The zero-order chi connectivity index (χ0) is 15.1. The van der Waals surface area contributed by atoms with Gasteiger partial charge in [-0.05, 0) is 56.1 Å². The standard InChI is InChI=1S/C16H22ClN3O/c1-8(12-5-9-2-3-10(12)4-9)20-15-13(16(19)21)6-11(18)7-14(15)17/h6-10,12,20H,2-5,18H2,1H3,(H2,19,21). The number of rotatable bonds is 4. The van der Waals surface area contributed by atoms with E-state index in [2.05, 4.69) is 12.2 Å². The number of fused-ring (bicyclic) bond motifs is 2. The number of primary amides is 1. The van der Waals surface area contributed by atoms with Gasteiger partial charge < -0.3 is 16.8 Å². The van der Waals surface area contributed by atoms with Gasteiger partial charge in [-0.25, -0.2) is 0 Å². The van der Waals surface area contributed by atoms with Crippen LogP contribution in [0.5, 0.6) is 0 Å². The number of nitrogens with two attached hydrogens (primary N) is 2. The van der Waals surface area contributed by atoms with Crippen LogP contribution in [0.2, 0.25) is 5.02 Å². The van der Waals surface area contributed by atoms with Crippen LogP contribution in [0.3, 0.4) is 0 Å². The van der Waals surface area contributed by atoms with E-state index in [1.54, 1.807) is 12.1 Å². The largest absolute Gasteiger partial charge is 0.399 e. The quantitative estimate of drug-likeness (QED) is 0.747. The first-order valence-electron chi connectivity index (χ1n) is 7.61. The minimum absolute atomic E-state index is 0.277. The van der Waals surface area contributed by atoms with Crippen molar-refractivity contribution in [3.63, 3.8) is 0 Å². The van der Waals surface area contributed by atoms with Crippen LogP contribution in [0.1, 0.15) is 43.0 Å². The lowest BCUT2D eigenvalue weighted by atomic mass is 9.84. The van der Waals surface area contributed by atoms with Gasteiger partial charge >= 0.3 is 0 Å². The molecule has 114 valence electrons. The first kappa shape index (κ1) is 14.5. The molecule has 3 rings (SSSR count). The molecule has 2 fully saturated rings. The average molecular weight is 308 g/mol. The van der Waals surface area contributed by atoms with E-state index in [1.165, 1.54) is 25.7 Å². The van der Waals surface area contributed by atoms with Gasteiger partial charge in [-0.15, -0.1) is 0 Å². The van der Waals surface area contributed by atoms with Crippen LogP contribution in [-0.4, -0.2) is 11.9 Å². The number of benzene rings is 1. The number of anilines is 2. The molecule has 4 unspecified atom stereocenters. The maximum absolute atomic E-state index is 11.6. The number of hydrogen-bond acceptors (Lipinski definition) is 3. The molecule has 2 saturated carbocycles. The van der Waals surface area contributed by atoms with Gasteiger partial charge in [0.2, 0.25) is 0 Å². The highest BCUT2D eigenvalue weighted by molar-refractivity contribution is 6.34. The summed E-state index contributed by atoms with van der Waals surface area (Å²) in [5.41, 5.74) is 12.6. The van der Waals surface area contributed by atoms with Crippen molar-refractivity contribution in [1.29, 1.82) is 0 Å². The average Bonchev–Trinajstić information content (AvgIpc) is 3.03. The van der Waals surface area contributed by atoms with E-state index in [-0.39, 0.29) is 6.04 Å². The van der Waals surface area contributed by atoms with Gasteiger partial charge in [-0.3, -0.25) is 4.79 Å². The molecule has 4 atom stereocenters. The number of carbonyl (C=O) groups is 1. The third-order valence-electron chi connectivity index (χ3n) is 5.19. The Labute approximate surface area is 130 Å². The molecular weight excluding hydrogens is 286 g/mol. The molecule has 0 aliphatic heterocycles. The maximum atomic E-state index is 11.6. The van der Waals surface area contributed by atoms with Crippen molar-refractivity contribution >= 4 is 28.9 Å². The van der Waals surface area contributed by atoms with Crippen LogP contribution in [0.25, 0.3) is 0 Å². The second kappa shape index (κ2) is 5.41. The molecule has 0 heterocycles. The first-order chi connectivity index (χ1) is 9.95. The summed E-state index contributed by atoms with van der Waals surface area (Å²) in [5, 5.41) is 3.88. The Balaban J connectivity index is 1.82. The van der Waals surface area contributed by atoms with E-state index in [0.29, 0.717) is 27.9 Å². The second-order valence-electron chi connectivity index (χ2n) is 6.56. The van der Waals surface area contributed by atoms with Crippen molar-refractivity contribution < 1.29 is 4.79 Å². The molecule has 0 aromatic heterocycles. The van der Waals surface area contributed by atoms with Crippen LogP contribution in [0.15, 0.2) is 12.1 Å². The number of nitrogen functional groups attached to an aromatic ring is 1. The van der Waals surface area contributed by atoms with Gasteiger partial charge in [0.1, 0.15) is 0 Å². The smallest absolute Gasteiger partial charge is 0.250 e. The van der Waals surface area contributed by atoms with Crippen molar-refractivity contribution in [3.8, 4) is 0 Å². The van der Waals surface area contributed by atoms with Gasteiger partial charge in [0.15, 0.2) is 0 Å². The number of amides is 1. The highest BCUT2D eigenvalue weighted by atomic mass is 35.5. The van der Waals surface area contributed by atoms with Gasteiger partial charge in [0.25, 0.3) is 5.91 Å². The van der Waals surface area contributed by atoms with Crippen LogP contribution in [0.4, 0.5) is 11.4 Å². The lowest BCUT2D eigenvalue weighted by Gasteiger charge is -2.30. The van der Waals surface area contributed by atoms with Gasteiger partial charge in [0.05, 0.1) is 16.3 Å². The minimum atomic E-state index is -0.508. The van der Waals surface area contributed by atoms with Gasteiger partial charge in [-0.2, -0.15) is 0 Å². The highest BCUT2D eigenvalue weighted by Gasteiger charge is 2.42. The molecule has 5 heteroatoms. The Kier molecular flexibility index (Phi) is 3.74. The third-order valence-corrected chi connectivity index (χ3v) is 5.48. The molecule has 1 amide bonds. The number of halogens is 1. The summed E-state index contributed by atoms with van der Waals surface area (Å²) < 4.78 is 0. The summed E-state index contributed by atoms with van der Waals surface area (Å²) in [7, 11) is 0. The molecule has 2 bridgehead atoms. The van der Waals surface area contributed by atoms with E-state index < -0.39 is 5.91 Å². The summed E-state index contributed by atoms with van der Waals surface area (Å²) in [6.07, 6.45) is 5.34. The Morgan fingerprint density at radius 2 is 2.14 bits per heavy atom. The fourth-order valence-corrected chi connectivity index (χ4v) is 4.49. The van der Waals surface area contributed by atoms with Gasteiger partial charge in [-0.1, -0.05) is 18.0 Å². The summed E-state index contributed by atoms with van der Waals surface area (Å²) >= 11 is 6.26. The molecule has 5 N–H and O–H groups in total. The van der Waals surface area contributed by atoms with Crippen LogP contribution >= 0.6 is 11.6 Å². The van der Waals surface area contributed by atoms with Crippen molar-refractivity contribution in [2.45, 2.75) is 38.6 Å². The van der Waals surface area contributed by atoms with Crippen molar-refractivity contribution in [2.24, 2.45) is 23.5 Å². The molecule has 2 aliphatic rings. The van der Waals surface area contributed by atoms with Crippen LogP contribution in [-0.2, 0) is 0 Å². The maximum Gasteiger partial charge on any atom is 0.250 e. The Hall–Kier alpha value is -1.42. The monoisotopic (exact) mass is 307 g/mol. The number of hydrogen-bond donors (Lipinski definition) is 3. The fourth-order valence-electron chi connectivity index (χ4n) is 4.21. The number of carbonyl (C=O) groups excluding carboxylic acids is 1. The zero-order valence-corrected chi connectivity index (χ0v) is 13.0. The van der Waals surface area contributed by atoms with E-state index in [0.717, 1.165) is 11.8 Å². The molecule has 2 aliphatic carbocycles. The summed E-state index contributed by atoms with van der Waals surface area (Å²) in [5.74, 6) is 1.84. The van der Waals surface area contributed by atoms with E-state index in [4.69, 9.17) is 23.1 Å². The molecule has 0 spiro atoms. The molecule has 0 radical (unpaired) electrons. The lowest BCUT2D eigenvalue weighted by molar-refractivity contribution is 0.100. The van der Waals surface area contributed by atoms with Crippen molar-refractivity contribution in [1.82, 2.24) is 0 Å². The summed E-state index contributed by atoms with van der Waals surface area (Å²) in [6, 6.07) is 3.52. The SMILES string of the molecule is CC(Nc1c(Cl)cc(N)cc1C(N)=O)C1CC2CCC1C2. The summed E-state index contributed by atoms with van der Waals surface area (Å²) in [4.78, 5) is 11.6. The van der Waals surface area contributed by atoms with Crippen molar-refractivity contribution in [3.05, 3.63) is 22.7 Å². The van der Waals surface area contributed by atoms with E-state index in [1.807, 2.05) is 0 Å². The van der Waals surface area contributed by atoms with Crippen molar-refractivity contribution in [2.75, 3.05) is 11.1 Å². The number of nitrogens with one attached hydrogen (secondary N) is 1. The van der Waals surface area contributed by atoms with Crippen LogP contribution in [0, 0.1) is 17.8 Å². The molecule has 21 heavy (non-hydrogen) atoms. The van der Waals surface area contributed by atoms with E-state index in [9.17, 15) is 4.79 Å². The van der Waals surface area contributed by atoms with Gasteiger partial charge in [0, 0.05) is 11.7 Å². The zero-order valence-electron chi connectivity index (χ0n) is 12.2. The topological polar surface area (TPSA) is 81.1 Å². The van der Waals surface area contributed by atoms with E-state index >= 15 is 0 Å². The fraction of sp³-hybridized carbons (Fsp3) is 0.562. The third kappa shape index (κ3) is 2.69. The second-order valence-corrected chi connectivity index (χ2v) is 6.97. The first-order valence-corrected chi connectivity index (χ1v) is 7.99. The lowest BCUT2D eigenvalue weighted by Crippen LogP contribution is -2.31.